The zero-order valence-corrected chi connectivity index (χ0v) is 15.0. The maximum absolute atomic E-state index is 13.0. The predicted molar refractivity (Wildman–Crippen MR) is 98.5 cm³/mol. The van der Waals surface area contributed by atoms with Crippen molar-refractivity contribution in [1.29, 1.82) is 0 Å². The molecule has 0 bridgehead atoms. The average Bonchev–Trinajstić information content (AvgIpc) is 3.11. The molecule has 3 aromatic rings. The summed E-state index contributed by atoms with van der Waals surface area (Å²) in [6.45, 7) is 0.623. The van der Waals surface area contributed by atoms with Crippen molar-refractivity contribution in [2.45, 2.75) is 13.0 Å². The van der Waals surface area contributed by atoms with Gasteiger partial charge in [0.1, 0.15) is 11.6 Å². The molecule has 1 aromatic carbocycles. The molecule has 0 atom stereocenters. The fraction of sp³-hybridized carbons (Fsp3) is 0.222. The fourth-order valence-corrected chi connectivity index (χ4v) is 2.94. The third kappa shape index (κ3) is 5.06. The average molecular weight is 371 g/mol. The lowest BCUT2D eigenvalue weighted by Gasteiger charge is -2.14. The summed E-state index contributed by atoms with van der Waals surface area (Å²) >= 11 is 1.24. The third-order valence-corrected chi connectivity index (χ3v) is 4.52. The number of carbonyl (C=O) groups excluding carboxylic acids is 1. The summed E-state index contributed by atoms with van der Waals surface area (Å²) in [5, 5.41) is 3.52. The minimum Gasteiger partial charge on any atom is -0.350 e. The molecule has 6 nitrogen and oxygen atoms in total. The van der Waals surface area contributed by atoms with E-state index >= 15 is 0 Å². The minimum absolute atomic E-state index is 0.105. The van der Waals surface area contributed by atoms with E-state index in [9.17, 15) is 9.18 Å². The van der Waals surface area contributed by atoms with E-state index in [1.165, 1.54) is 23.7 Å². The van der Waals surface area contributed by atoms with Crippen LogP contribution in [0.15, 0.2) is 48.8 Å². The van der Waals surface area contributed by atoms with E-state index in [2.05, 4.69) is 19.7 Å². The molecule has 0 saturated carbocycles. The summed E-state index contributed by atoms with van der Waals surface area (Å²) in [7, 11) is 1.80. The number of carbonyl (C=O) groups is 1. The number of hydrogen-bond acceptors (Lipinski definition) is 6. The summed E-state index contributed by atoms with van der Waals surface area (Å²) in [5.74, 6) is 0.281. The summed E-state index contributed by atoms with van der Waals surface area (Å²) in [6, 6.07) is 10.0. The first kappa shape index (κ1) is 17.9. The maximum Gasteiger partial charge on any atom is 0.239 e. The monoisotopic (exact) mass is 371 g/mol. The number of likely N-dealkylation sites (N-methyl/N-ethyl adjacent to an activating group) is 1. The van der Waals surface area contributed by atoms with Crippen LogP contribution in [0.4, 0.5) is 9.52 Å². The lowest BCUT2D eigenvalue weighted by Crippen LogP contribution is -2.34. The molecule has 26 heavy (non-hydrogen) atoms. The first-order valence-corrected chi connectivity index (χ1v) is 8.81. The second-order valence-electron chi connectivity index (χ2n) is 5.79. The number of hydrogen-bond donors (Lipinski definition) is 1. The molecule has 2 heterocycles. The van der Waals surface area contributed by atoms with Gasteiger partial charge in [-0.1, -0.05) is 18.2 Å². The Balaban J connectivity index is 1.51. The highest BCUT2D eigenvalue weighted by atomic mass is 32.1. The Hall–Kier alpha value is -2.87. The number of pyridine rings is 1. The van der Waals surface area contributed by atoms with Crippen LogP contribution in [0, 0.1) is 5.82 Å². The van der Waals surface area contributed by atoms with Gasteiger partial charge in [0.2, 0.25) is 11.0 Å². The van der Waals surface area contributed by atoms with Crippen LogP contribution in [-0.4, -0.2) is 33.8 Å². The number of halogens is 1. The van der Waals surface area contributed by atoms with Gasteiger partial charge < -0.3 is 10.2 Å². The van der Waals surface area contributed by atoms with Crippen LogP contribution in [0.5, 0.6) is 0 Å². The molecule has 0 spiro atoms. The maximum atomic E-state index is 13.0. The van der Waals surface area contributed by atoms with Crippen LogP contribution in [0.25, 0.3) is 0 Å². The fourth-order valence-electron chi connectivity index (χ4n) is 2.30. The number of nitrogens with one attached hydrogen (secondary N) is 1. The molecule has 0 fully saturated rings. The van der Waals surface area contributed by atoms with Crippen molar-refractivity contribution in [3.8, 4) is 0 Å². The molecule has 0 aliphatic rings. The third-order valence-electron chi connectivity index (χ3n) is 3.65. The molecule has 0 aliphatic carbocycles. The molecule has 8 heteroatoms. The van der Waals surface area contributed by atoms with Crippen LogP contribution in [0.2, 0.25) is 0 Å². The van der Waals surface area contributed by atoms with Crippen molar-refractivity contribution in [2.75, 3.05) is 18.5 Å². The van der Waals surface area contributed by atoms with Crippen molar-refractivity contribution in [1.82, 2.24) is 19.7 Å². The van der Waals surface area contributed by atoms with Gasteiger partial charge in [-0.15, -0.1) is 0 Å². The number of benzene rings is 1. The standard InChI is InChI=1S/C18H18FN5OS/c1-24(12-17(25)21-11-14-3-2-8-20-10-14)18-22-16(23-26-18)9-13-4-6-15(19)7-5-13/h2-8,10H,9,11-12H2,1H3,(H,21,25). The number of nitrogens with zero attached hydrogens (tertiary/aromatic N) is 4. The number of aromatic nitrogens is 3. The summed E-state index contributed by atoms with van der Waals surface area (Å²) in [6.07, 6.45) is 3.94. The Morgan fingerprint density at radius 3 is 2.77 bits per heavy atom. The van der Waals surface area contributed by atoms with E-state index in [1.807, 2.05) is 12.1 Å². The predicted octanol–water partition coefficient (Wildman–Crippen LogP) is 2.42. The summed E-state index contributed by atoms with van der Waals surface area (Å²) < 4.78 is 17.3. The van der Waals surface area contributed by atoms with Crippen molar-refractivity contribution >= 4 is 22.6 Å². The SMILES string of the molecule is CN(CC(=O)NCc1cccnc1)c1nc(Cc2ccc(F)cc2)ns1. The van der Waals surface area contributed by atoms with Gasteiger partial charge in [0.05, 0.1) is 6.54 Å². The van der Waals surface area contributed by atoms with E-state index in [1.54, 1.807) is 36.5 Å². The molecule has 3 rings (SSSR count). The van der Waals surface area contributed by atoms with Gasteiger partial charge in [-0.3, -0.25) is 9.78 Å². The molecule has 0 radical (unpaired) electrons. The van der Waals surface area contributed by atoms with Gasteiger partial charge in [0.15, 0.2) is 0 Å². The second kappa shape index (κ2) is 8.48. The Morgan fingerprint density at radius 1 is 1.23 bits per heavy atom. The van der Waals surface area contributed by atoms with Gasteiger partial charge in [-0.05, 0) is 29.3 Å². The zero-order chi connectivity index (χ0) is 18.4. The van der Waals surface area contributed by atoms with Gasteiger partial charge >= 0.3 is 0 Å². The Bertz CT molecular complexity index is 854. The van der Waals surface area contributed by atoms with E-state index in [-0.39, 0.29) is 18.3 Å². The molecular formula is C18H18FN5OS. The summed E-state index contributed by atoms with van der Waals surface area (Å²) in [5.41, 5.74) is 1.88. The molecule has 0 saturated heterocycles. The highest BCUT2D eigenvalue weighted by molar-refractivity contribution is 7.09. The molecular weight excluding hydrogens is 353 g/mol. The lowest BCUT2D eigenvalue weighted by molar-refractivity contribution is -0.119. The highest BCUT2D eigenvalue weighted by Crippen LogP contribution is 2.17. The Morgan fingerprint density at radius 2 is 2.04 bits per heavy atom. The number of rotatable bonds is 7. The van der Waals surface area contributed by atoms with Crippen LogP contribution < -0.4 is 10.2 Å². The topological polar surface area (TPSA) is 71.0 Å². The van der Waals surface area contributed by atoms with Gasteiger partial charge in [0.25, 0.3) is 0 Å². The van der Waals surface area contributed by atoms with Gasteiger partial charge in [-0.2, -0.15) is 4.37 Å². The number of anilines is 1. The highest BCUT2D eigenvalue weighted by Gasteiger charge is 2.12. The lowest BCUT2D eigenvalue weighted by atomic mass is 10.1. The zero-order valence-electron chi connectivity index (χ0n) is 14.2. The van der Waals surface area contributed by atoms with E-state index in [0.717, 1.165) is 11.1 Å². The minimum atomic E-state index is -0.266. The van der Waals surface area contributed by atoms with E-state index in [4.69, 9.17) is 0 Å². The van der Waals surface area contributed by atoms with Crippen LogP contribution in [-0.2, 0) is 17.8 Å². The van der Waals surface area contributed by atoms with Crippen molar-refractivity contribution in [3.63, 3.8) is 0 Å². The molecule has 1 N–H and O–H groups in total. The van der Waals surface area contributed by atoms with Crippen LogP contribution in [0.3, 0.4) is 0 Å². The first-order chi connectivity index (χ1) is 12.6. The quantitative estimate of drug-likeness (QED) is 0.691. The molecule has 134 valence electrons. The summed E-state index contributed by atoms with van der Waals surface area (Å²) in [4.78, 5) is 22.3. The first-order valence-electron chi connectivity index (χ1n) is 8.04. The molecule has 1 amide bonds. The normalized spacial score (nSPS) is 10.5. The van der Waals surface area contributed by atoms with E-state index in [0.29, 0.717) is 23.9 Å². The smallest absolute Gasteiger partial charge is 0.239 e. The van der Waals surface area contributed by atoms with E-state index < -0.39 is 0 Å². The van der Waals surface area contributed by atoms with Gasteiger partial charge in [0, 0.05) is 43.9 Å². The Kier molecular flexibility index (Phi) is 5.85. The number of amides is 1. The van der Waals surface area contributed by atoms with Crippen molar-refractivity contribution in [3.05, 3.63) is 71.6 Å². The van der Waals surface area contributed by atoms with Crippen molar-refractivity contribution in [2.24, 2.45) is 0 Å². The van der Waals surface area contributed by atoms with Crippen LogP contribution in [0.1, 0.15) is 17.0 Å². The molecule has 0 aliphatic heterocycles. The van der Waals surface area contributed by atoms with Crippen molar-refractivity contribution < 1.29 is 9.18 Å². The molecule has 2 aromatic heterocycles. The Labute approximate surface area is 154 Å². The molecule has 0 unspecified atom stereocenters. The van der Waals surface area contributed by atoms with Gasteiger partial charge in [-0.25, -0.2) is 9.37 Å². The largest absolute Gasteiger partial charge is 0.350 e. The second-order valence-corrected chi connectivity index (χ2v) is 6.52. The van der Waals surface area contributed by atoms with Crippen LogP contribution >= 0.6 is 11.5 Å².